The number of carboxylic acid groups (broad SMARTS) is 1. The van der Waals surface area contributed by atoms with Gasteiger partial charge in [0.2, 0.25) is 0 Å². The number of aromatic hydroxyl groups is 1. The van der Waals surface area contributed by atoms with Crippen molar-refractivity contribution in [1.29, 1.82) is 0 Å². The molecule has 29 heavy (non-hydrogen) atoms. The van der Waals surface area contributed by atoms with Crippen molar-refractivity contribution in [3.8, 4) is 16.9 Å². The van der Waals surface area contributed by atoms with Crippen molar-refractivity contribution in [3.63, 3.8) is 0 Å². The van der Waals surface area contributed by atoms with Crippen LogP contribution < -0.4 is 4.72 Å². The number of rotatable bonds is 5. The zero-order valence-corrected chi connectivity index (χ0v) is 16.4. The van der Waals surface area contributed by atoms with Crippen LogP contribution in [0.4, 0.5) is 10.1 Å². The van der Waals surface area contributed by atoms with E-state index in [0.717, 1.165) is 18.3 Å². The third-order valence-electron chi connectivity index (χ3n) is 4.07. The topological polar surface area (TPSA) is 117 Å². The summed E-state index contributed by atoms with van der Waals surface area (Å²) in [5, 5.41) is 18.7. The minimum atomic E-state index is -4.13. The molecule has 2 aromatic carbocycles. The van der Waals surface area contributed by atoms with Gasteiger partial charge in [-0.3, -0.25) is 4.72 Å². The maximum atomic E-state index is 13.5. The summed E-state index contributed by atoms with van der Waals surface area (Å²) >= 11 is 6.09. The molecule has 0 aliphatic carbocycles. The zero-order chi connectivity index (χ0) is 21.3. The first-order valence-electron chi connectivity index (χ1n) is 8.09. The first-order chi connectivity index (χ1) is 13.6. The Hall–Kier alpha value is -3.17. The molecule has 10 heteroatoms. The van der Waals surface area contributed by atoms with Crippen LogP contribution >= 0.6 is 11.6 Å². The molecule has 0 atom stereocenters. The number of carboxylic acids is 1. The van der Waals surface area contributed by atoms with Crippen LogP contribution in [0, 0.1) is 12.7 Å². The van der Waals surface area contributed by atoms with Crippen LogP contribution in [-0.4, -0.2) is 29.6 Å². The van der Waals surface area contributed by atoms with Gasteiger partial charge in [-0.05, 0) is 48.4 Å². The van der Waals surface area contributed by atoms with Crippen LogP contribution in [0.25, 0.3) is 11.1 Å². The van der Waals surface area contributed by atoms with Crippen molar-refractivity contribution in [2.45, 2.75) is 11.8 Å². The number of aromatic carboxylic acids is 1. The summed E-state index contributed by atoms with van der Waals surface area (Å²) in [6.07, 6.45) is 1.05. The highest BCUT2D eigenvalue weighted by molar-refractivity contribution is 7.92. The van der Waals surface area contributed by atoms with E-state index >= 15 is 0 Å². The number of halogens is 2. The van der Waals surface area contributed by atoms with Crippen LogP contribution in [0.15, 0.2) is 53.6 Å². The number of sulfonamides is 1. The monoisotopic (exact) mass is 436 g/mol. The number of benzene rings is 2. The lowest BCUT2D eigenvalue weighted by Gasteiger charge is -2.11. The number of hydrogen-bond donors (Lipinski definition) is 3. The molecule has 0 radical (unpaired) electrons. The van der Waals surface area contributed by atoms with E-state index < -0.39 is 27.6 Å². The fraction of sp³-hybridized carbons (Fsp3) is 0.0526. The van der Waals surface area contributed by atoms with Crippen LogP contribution in [0.1, 0.15) is 15.9 Å². The number of aryl methyl sites for hydroxylation is 1. The van der Waals surface area contributed by atoms with Gasteiger partial charge in [-0.15, -0.1) is 0 Å². The number of nitrogens with zero attached hydrogens (tertiary/aromatic N) is 1. The molecular weight excluding hydrogens is 423 g/mol. The minimum absolute atomic E-state index is 0.0402. The fourth-order valence-corrected chi connectivity index (χ4v) is 3.81. The Morgan fingerprint density at radius 3 is 2.52 bits per heavy atom. The molecule has 3 N–H and O–H groups in total. The first-order valence-corrected chi connectivity index (χ1v) is 9.96. The van der Waals surface area contributed by atoms with Crippen molar-refractivity contribution >= 4 is 33.3 Å². The molecule has 7 nitrogen and oxygen atoms in total. The van der Waals surface area contributed by atoms with Crippen LogP contribution in [0.3, 0.4) is 0 Å². The number of phenols is 1. The molecule has 0 bridgehead atoms. The summed E-state index contributed by atoms with van der Waals surface area (Å²) in [4.78, 5) is 14.6. The van der Waals surface area contributed by atoms with E-state index in [-0.39, 0.29) is 21.3 Å². The van der Waals surface area contributed by atoms with Gasteiger partial charge in [0, 0.05) is 17.8 Å². The second-order valence-corrected chi connectivity index (χ2v) is 8.16. The van der Waals surface area contributed by atoms with E-state index in [1.807, 2.05) is 0 Å². The first kappa shape index (κ1) is 20.6. The van der Waals surface area contributed by atoms with Crippen LogP contribution in [-0.2, 0) is 10.0 Å². The SMILES string of the molecule is Cc1cc(-c2cc(S(=O)(=O)Nc3ccc(C(=O)O)c(O)c3)cnc2Cl)ccc1F. The second kappa shape index (κ2) is 7.69. The number of carbonyl (C=O) groups is 1. The summed E-state index contributed by atoms with van der Waals surface area (Å²) in [5.41, 5.74) is 0.735. The molecular formula is C19H14ClFN2O5S. The number of hydrogen-bond acceptors (Lipinski definition) is 5. The Morgan fingerprint density at radius 1 is 1.17 bits per heavy atom. The van der Waals surface area contributed by atoms with Crippen LogP contribution in [0.5, 0.6) is 5.75 Å². The Bertz CT molecular complexity index is 1230. The van der Waals surface area contributed by atoms with Gasteiger partial charge < -0.3 is 10.2 Å². The Morgan fingerprint density at radius 2 is 1.90 bits per heavy atom. The largest absolute Gasteiger partial charge is 0.507 e. The maximum absolute atomic E-state index is 13.5. The van der Waals surface area contributed by atoms with Gasteiger partial charge in [-0.25, -0.2) is 22.6 Å². The highest BCUT2D eigenvalue weighted by atomic mass is 35.5. The highest BCUT2D eigenvalue weighted by Crippen LogP contribution is 2.31. The number of nitrogens with one attached hydrogen (secondary N) is 1. The van der Waals surface area contributed by atoms with Gasteiger partial charge in [-0.2, -0.15) is 0 Å². The van der Waals surface area contributed by atoms with Crippen molar-refractivity contribution in [2.75, 3.05) is 4.72 Å². The lowest BCUT2D eigenvalue weighted by Crippen LogP contribution is -2.13. The molecule has 0 saturated carbocycles. The minimum Gasteiger partial charge on any atom is -0.507 e. The smallest absolute Gasteiger partial charge is 0.339 e. The van der Waals surface area contributed by atoms with Crippen molar-refractivity contribution in [2.24, 2.45) is 0 Å². The zero-order valence-electron chi connectivity index (χ0n) is 14.8. The fourth-order valence-electron chi connectivity index (χ4n) is 2.58. The average molecular weight is 437 g/mol. The molecule has 0 fully saturated rings. The normalized spacial score (nSPS) is 11.3. The molecule has 0 spiro atoms. The van der Waals surface area contributed by atoms with E-state index in [0.29, 0.717) is 16.7 Å². The Balaban J connectivity index is 1.98. The van der Waals surface area contributed by atoms with E-state index in [4.69, 9.17) is 16.7 Å². The quantitative estimate of drug-likeness (QED) is 0.519. The van der Waals surface area contributed by atoms with Gasteiger partial charge >= 0.3 is 5.97 Å². The third kappa shape index (κ3) is 4.30. The predicted octanol–water partition coefficient (Wildman–Crippen LogP) is 4.05. The summed E-state index contributed by atoms with van der Waals surface area (Å²) < 4.78 is 41.2. The lowest BCUT2D eigenvalue weighted by atomic mass is 10.1. The number of aromatic nitrogens is 1. The summed E-state index contributed by atoms with van der Waals surface area (Å²) in [7, 11) is -4.13. The molecule has 0 aliphatic rings. The molecule has 3 aromatic rings. The van der Waals surface area contributed by atoms with Crippen molar-refractivity contribution in [3.05, 3.63) is 70.8 Å². The summed E-state index contributed by atoms with van der Waals surface area (Å²) in [6.45, 7) is 1.57. The van der Waals surface area contributed by atoms with Gasteiger partial charge in [-0.1, -0.05) is 17.7 Å². The maximum Gasteiger partial charge on any atom is 0.339 e. The van der Waals surface area contributed by atoms with Gasteiger partial charge in [0.15, 0.2) is 0 Å². The van der Waals surface area contributed by atoms with E-state index in [1.165, 1.54) is 30.3 Å². The molecule has 0 amide bonds. The van der Waals surface area contributed by atoms with E-state index in [9.17, 15) is 22.7 Å². The molecule has 0 saturated heterocycles. The Kier molecular flexibility index (Phi) is 5.45. The Labute approximate surface area is 170 Å². The van der Waals surface area contributed by atoms with Crippen LogP contribution in [0.2, 0.25) is 5.15 Å². The number of anilines is 1. The van der Waals surface area contributed by atoms with Gasteiger partial charge in [0.25, 0.3) is 10.0 Å². The molecule has 3 rings (SSSR count). The molecule has 0 aliphatic heterocycles. The molecule has 1 heterocycles. The molecule has 1 aromatic heterocycles. The van der Waals surface area contributed by atoms with E-state index in [2.05, 4.69) is 9.71 Å². The third-order valence-corrected chi connectivity index (χ3v) is 5.72. The predicted molar refractivity (Wildman–Crippen MR) is 105 cm³/mol. The summed E-state index contributed by atoms with van der Waals surface area (Å²) in [6, 6.07) is 8.76. The standard InChI is InChI=1S/C19H14ClFN2O5S/c1-10-6-11(2-5-16(10)21)15-8-13(9-22-18(15)20)29(27,28)23-12-3-4-14(19(25)26)17(24)7-12/h2-9,23-24H,1H3,(H,25,26). The highest BCUT2D eigenvalue weighted by Gasteiger charge is 2.19. The molecule has 150 valence electrons. The van der Waals surface area contributed by atoms with Gasteiger partial charge in [0.05, 0.1) is 5.69 Å². The van der Waals surface area contributed by atoms with E-state index in [1.54, 1.807) is 6.92 Å². The van der Waals surface area contributed by atoms with Crippen molar-refractivity contribution < 1.29 is 27.8 Å². The lowest BCUT2D eigenvalue weighted by molar-refractivity contribution is 0.0694. The number of pyridine rings is 1. The van der Waals surface area contributed by atoms with Crippen molar-refractivity contribution in [1.82, 2.24) is 4.98 Å². The second-order valence-electron chi connectivity index (χ2n) is 6.12. The average Bonchev–Trinajstić information content (AvgIpc) is 2.63. The molecule has 0 unspecified atom stereocenters. The summed E-state index contributed by atoms with van der Waals surface area (Å²) in [5.74, 6) is -2.35. The van der Waals surface area contributed by atoms with Gasteiger partial charge in [0.1, 0.15) is 27.2 Å².